The number of rotatable bonds is 4. The molecule has 0 saturated heterocycles. The standard InChI is InChI=1S/C9H11F6N3O4S2/c1-5-6(4-17(2)3)7(23(19,20)8(10,11)12)16-18(5)24(21,22)9(13,14)15/h4H2,1-3H3. The van der Waals surface area contributed by atoms with Gasteiger partial charge in [0.2, 0.25) is 0 Å². The van der Waals surface area contributed by atoms with Crippen LogP contribution in [-0.2, 0) is 26.4 Å². The fraction of sp³-hybridized carbons (Fsp3) is 0.667. The van der Waals surface area contributed by atoms with Gasteiger partial charge in [0.15, 0.2) is 5.03 Å². The van der Waals surface area contributed by atoms with Crippen molar-refractivity contribution in [2.75, 3.05) is 14.1 Å². The second-order valence-electron chi connectivity index (χ2n) is 4.85. The van der Waals surface area contributed by atoms with E-state index in [2.05, 4.69) is 5.10 Å². The smallest absolute Gasteiger partial charge is 0.305 e. The molecular weight excluding hydrogens is 392 g/mol. The summed E-state index contributed by atoms with van der Waals surface area (Å²) in [6, 6.07) is 0. The van der Waals surface area contributed by atoms with Gasteiger partial charge >= 0.3 is 21.0 Å². The van der Waals surface area contributed by atoms with Gasteiger partial charge in [-0.1, -0.05) is 0 Å². The molecule has 1 aromatic heterocycles. The molecule has 0 N–H and O–H groups in total. The first-order chi connectivity index (χ1) is 10.4. The summed E-state index contributed by atoms with van der Waals surface area (Å²) < 4.78 is 121. The summed E-state index contributed by atoms with van der Waals surface area (Å²) in [5, 5.41) is 0.830. The molecule has 0 bridgehead atoms. The van der Waals surface area contributed by atoms with E-state index in [1.54, 1.807) is 0 Å². The molecule has 0 aliphatic heterocycles. The van der Waals surface area contributed by atoms with E-state index in [0.717, 1.165) is 11.8 Å². The van der Waals surface area contributed by atoms with Crippen LogP contribution in [0.15, 0.2) is 5.03 Å². The first kappa shape index (κ1) is 20.7. The molecule has 1 heterocycles. The maximum Gasteiger partial charge on any atom is 0.518 e. The zero-order valence-corrected chi connectivity index (χ0v) is 13.9. The van der Waals surface area contributed by atoms with E-state index < -0.39 is 57.8 Å². The molecular formula is C9H11F6N3O4S2. The van der Waals surface area contributed by atoms with E-state index in [1.807, 2.05) is 0 Å². The van der Waals surface area contributed by atoms with E-state index in [-0.39, 0.29) is 0 Å². The van der Waals surface area contributed by atoms with E-state index in [9.17, 15) is 43.2 Å². The van der Waals surface area contributed by atoms with Crippen molar-refractivity contribution in [3.63, 3.8) is 0 Å². The van der Waals surface area contributed by atoms with Gasteiger partial charge in [0.1, 0.15) is 0 Å². The van der Waals surface area contributed by atoms with Crippen molar-refractivity contribution in [2.24, 2.45) is 0 Å². The molecule has 1 aromatic rings. The zero-order chi connectivity index (χ0) is 19.3. The fourth-order valence-corrected chi connectivity index (χ4v) is 3.50. The van der Waals surface area contributed by atoms with Crippen LogP contribution in [-0.4, -0.2) is 56.0 Å². The summed E-state index contributed by atoms with van der Waals surface area (Å²) in [5.41, 5.74) is -13.4. The number of aromatic nitrogens is 2. The molecule has 140 valence electrons. The molecule has 0 aliphatic rings. The minimum atomic E-state index is -6.20. The molecule has 7 nitrogen and oxygen atoms in total. The molecule has 0 aromatic carbocycles. The first-order valence-electron chi connectivity index (χ1n) is 5.81. The summed E-state index contributed by atoms with van der Waals surface area (Å²) in [5.74, 6) is 0. The monoisotopic (exact) mass is 403 g/mol. The Morgan fingerprint density at radius 3 is 1.79 bits per heavy atom. The van der Waals surface area contributed by atoms with Crippen molar-refractivity contribution in [3.05, 3.63) is 11.3 Å². The molecule has 1 rings (SSSR count). The van der Waals surface area contributed by atoms with Gasteiger partial charge in [-0.05, 0) is 21.0 Å². The maximum atomic E-state index is 12.7. The lowest BCUT2D eigenvalue weighted by atomic mass is 10.2. The van der Waals surface area contributed by atoms with Crippen LogP contribution in [0.4, 0.5) is 26.3 Å². The average Bonchev–Trinajstić information content (AvgIpc) is 2.64. The summed E-state index contributed by atoms with van der Waals surface area (Å²) in [6.45, 7) is 0.147. The van der Waals surface area contributed by atoms with Crippen molar-refractivity contribution in [2.45, 2.75) is 29.5 Å². The number of nitrogens with zero attached hydrogens (tertiary/aromatic N) is 3. The van der Waals surface area contributed by atoms with Crippen LogP contribution in [0.2, 0.25) is 0 Å². The third kappa shape index (κ3) is 3.37. The van der Waals surface area contributed by atoms with Gasteiger partial charge in [-0.15, -0.1) is 5.10 Å². The van der Waals surface area contributed by atoms with Crippen LogP contribution < -0.4 is 0 Å². The Kier molecular flexibility index (Phi) is 5.06. The van der Waals surface area contributed by atoms with Crippen LogP contribution in [0, 0.1) is 6.92 Å². The lowest BCUT2D eigenvalue weighted by molar-refractivity contribution is -0.0450. The van der Waals surface area contributed by atoms with Gasteiger partial charge in [0.25, 0.3) is 9.84 Å². The average molecular weight is 403 g/mol. The molecule has 0 amide bonds. The number of hydrogen-bond donors (Lipinski definition) is 0. The molecule has 0 atom stereocenters. The van der Waals surface area contributed by atoms with Crippen LogP contribution in [0.5, 0.6) is 0 Å². The van der Waals surface area contributed by atoms with Crippen LogP contribution in [0.25, 0.3) is 0 Å². The minimum Gasteiger partial charge on any atom is -0.305 e. The highest BCUT2D eigenvalue weighted by atomic mass is 32.2. The van der Waals surface area contributed by atoms with Gasteiger partial charge < -0.3 is 4.90 Å². The Morgan fingerprint density at radius 1 is 1.00 bits per heavy atom. The largest absolute Gasteiger partial charge is 0.518 e. The number of halogens is 6. The van der Waals surface area contributed by atoms with Crippen molar-refractivity contribution in [3.8, 4) is 0 Å². The molecule has 15 heteroatoms. The number of hydrogen-bond acceptors (Lipinski definition) is 6. The topological polar surface area (TPSA) is 89.3 Å². The van der Waals surface area contributed by atoms with E-state index in [4.69, 9.17) is 0 Å². The zero-order valence-electron chi connectivity index (χ0n) is 12.3. The van der Waals surface area contributed by atoms with Crippen molar-refractivity contribution < 1.29 is 43.2 Å². The predicted octanol–water partition coefficient (Wildman–Crippen LogP) is 1.24. The minimum absolute atomic E-state index is 0.580. The second kappa shape index (κ2) is 5.87. The van der Waals surface area contributed by atoms with Crippen molar-refractivity contribution in [1.29, 1.82) is 0 Å². The van der Waals surface area contributed by atoms with E-state index in [0.29, 0.717) is 0 Å². The maximum absolute atomic E-state index is 12.7. The highest BCUT2D eigenvalue weighted by molar-refractivity contribution is 7.92. The molecule has 0 unspecified atom stereocenters. The van der Waals surface area contributed by atoms with Crippen LogP contribution in [0.3, 0.4) is 0 Å². The Bertz CT molecular complexity index is 836. The quantitative estimate of drug-likeness (QED) is 0.703. The fourth-order valence-electron chi connectivity index (χ4n) is 1.64. The van der Waals surface area contributed by atoms with Gasteiger partial charge in [0, 0.05) is 12.1 Å². The molecule has 0 fully saturated rings. The summed E-state index contributed by atoms with van der Waals surface area (Å²) in [6.07, 6.45) is 0. The highest BCUT2D eigenvalue weighted by Gasteiger charge is 2.53. The molecule has 0 aliphatic carbocycles. The molecule has 24 heavy (non-hydrogen) atoms. The van der Waals surface area contributed by atoms with Crippen molar-refractivity contribution >= 4 is 19.9 Å². The molecule has 0 saturated carbocycles. The van der Waals surface area contributed by atoms with Crippen molar-refractivity contribution in [1.82, 2.24) is 14.1 Å². The highest BCUT2D eigenvalue weighted by Crippen LogP contribution is 2.35. The summed E-state index contributed by atoms with van der Waals surface area (Å²) >= 11 is 0. The summed E-state index contributed by atoms with van der Waals surface area (Å²) in [7, 11) is -9.76. The third-order valence-corrected chi connectivity index (χ3v) is 5.56. The lowest BCUT2D eigenvalue weighted by Gasteiger charge is -2.12. The lowest BCUT2D eigenvalue weighted by Crippen LogP contribution is -2.32. The predicted molar refractivity (Wildman–Crippen MR) is 68.0 cm³/mol. The van der Waals surface area contributed by atoms with Gasteiger partial charge in [-0.3, -0.25) is 0 Å². The van der Waals surface area contributed by atoms with E-state index in [1.165, 1.54) is 14.1 Å². The summed E-state index contributed by atoms with van der Waals surface area (Å²) in [4.78, 5) is 1.14. The number of alkyl halides is 6. The Labute approximate surface area is 132 Å². The Morgan fingerprint density at radius 2 is 1.46 bits per heavy atom. The van der Waals surface area contributed by atoms with E-state index >= 15 is 0 Å². The first-order valence-corrected chi connectivity index (χ1v) is 8.73. The van der Waals surface area contributed by atoms with Crippen LogP contribution in [0.1, 0.15) is 11.3 Å². The Balaban J connectivity index is 3.85. The third-order valence-electron chi connectivity index (χ3n) is 2.72. The Hall–Kier alpha value is -1.35. The SMILES string of the molecule is Cc1c(CN(C)C)c(S(=O)(=O)C(F)(F)F)nn1S(=O)(=O)C(F)(F)F. The van der Waals surface area contributed by atoms with Gasteiger partial charge in [-0.25, -0.2) is 8.42 Å². The van der Waals surface area contributed by atoms with Gasteiger partial charge in [0.05, 0.1) is 5.69 Å². The van der Waals surface area contributed by atoms with Gasteiger partial charge in [-0.2, -0.15) is 38.8 Å². The number of sulfone groups is 1. The molecule has 0 spiro atoms. The van der Waals surface area contributed by atoms with Crippen LogP contribution >= 0.6 is 0 Å². The normalized spacial score (nSPS) is 14.4. The molecule has 0 radical (unpaired) electrons. The second-order valence-corrected chi connectivity index (χ2v) is 8.47.